The molecule has 0 amide bonds. The molecule has 0 aliphatic heterocycles. The van der Waals surface area contributed by atoms with E-state index >= 15 is 0 Å². The van der Waals surface area contributed by atoms with Crippen molar-refractivity contribution >= 4 is 0 Å². The van der Waals surface area contributed by atoms with Crippen LogP contribution in [-0.4, -0.2) is 16.8 Å². The Balaban J connectivity index is 0.00000220. The van der Waals surface area contributed by atoms with Crippen LogP contribution < -0.4 is 29.6 Å². The van der Waals surface area contributed by atoms with E-state index in [1.807, 2.05) is 60.7 Å². The molecule has 0 aromatic heterocycles. The molecule has 104 valence electrons. The van der Waals surface area contributed by atoms with Gasteiger partial charge in [-0.25, -0.2) is 5.01 Å². The Morgan fingerprint density at radius 2 is 1.43 bits per heavy atom. The van der Waals surface area contributed by atoms with Crippen LogP contribution in [0.25, 0.3) is 0 Å². The summed E-state index contributed by atoms with van der Waals surface area (Å²) < 4.78 is 0. The molecule has 0 bridgehead atoms. The summed E-state index contributed by atoms with van der Waals surface area (Å²) in [6.07, 6.45) is 0.682. The minimum Gasteiger partial charge on any atom is -0.724 e. The fraction of sp³-hybridized carbons (Fsp3) is 0.200. The molecule has 5 nitrogen and oxygen atoms in total. The zero-order valence-corrected chi connectivity index (χ0v) is 14.1. The molecule has 0 saturated heterocycles. The number of benzene rings is 2. The van der Waals surface area contributed by atoms with Crippen LogP contribution in [0.2, 0.25) is 0 Å². The molecule has 0 saturated carbocycles. The standard InChI is InChI=1S/C15H16N3O2.Na/c19-16-18(20)17(13-15-9-5-2-6-10-15)12-11-14-7-3-1-4-8-14;/h1-10H,11-13H2;/q-1;+1. The Hall–Kier alpha value is -1.24. The van der Waals surface area contributed by atoms with Crippen molar-refractivity contribution in [2.75, 3.05) is 6.54 Å². The van der Waals surface area contributed by atoms with Crippen LogP contribution in [0.15, 0.2) is 65.9 Å². The second kappa shape index (κ2) is 9.65. The zero-order chi connectivity index (χ0) is 14.2. The fourth-order valence-electron chi connectivity index (χ4n) is 1.97. The molecule has 0 fully saturated rings. The molecule has 0 aliphatic carbocycles. The summed E-state index contributed by atoms with van der Waals surface area (Å²) in [5.41, 5.74) is 2.08. The number of nitrogens with zero attached hydrogens (tertiary/aromatic N) is 3. The van der Waals surface area contributed by atoms with Crippen LogP contribution in [-0.2, 0) is 13.0 Å². The average molecular weight is 293 g/mol. The minimum absolute atomic E-state index is 0. The molecule has 0 unspecified atom stereocenters. The van der Waals surface area contributed by atoms with Crippen molar-refractivity contribution in [3.05, 3.63) is 81.9 Å². The maximum atomic E-state index is 11.5. The largest absolute Gasteiger partial charge is 1.00 e. The summed E-state index contributed by atoms with van der Waals surface area (Å²) in [6, 6.07) is 19.3. The van der Waals surface area contributed by atoms with Crippen LogP contribution in [0.4, 0.5) is 0 Å². The summed E-state index contributed by atoms with van der Waals surface area (Å²) in [6.45, 7) is 0.803. The van der Waals surface area contributed by atoms with E-state index in [2.05, 4.69) is 5.29 Å². The van der Waals surface area contributed by atoms with Crippen molar-refractivity contribution in [2.45, 2.75) is 13.0 Å². The third-order valence-electron chi connectivity index (χ3n) is 3.02. The van der Waals surface area contributed by atoms with Crippen LogP contribution in [0.1, 0.15) is 11.1 Å². The van der Waals surface area contributed by atoms with Gasteiger partial charge in [-0.05, 0) is 17.5 Å². The van der Waals surface area contributed by atoms with Gasteiger partial charge in [-0.2, -0.15) is 0 Å². The average Bonchev–Trinajstić information content (AvgIpc) is 2.52. The molecule has 0 heterocycles. The predicted octanol–water partition coefficient (Wildman–Crippen LogP) is 0.131. The molecule has 0 spiro atoms. The van der Waals surface area contributed by atoms with Gasteiger partial charge in [0.15, 0.2) is 0 Å². The molecular formula is C15H16N3NaO2. The monoisotopic (exact) mass is 293 g/mol. The first-order chi connectivity index (χ1) is 9.79. The Morgan fingerprint density at radius 1 is 0.905 bits per heavy atom. The molecule has 0 atom stereocenters. The van der Waals surface area contributed by atoms with Gasteiger partial charge in [0.25, 0.3) is 0 Å². The molecule has 2 aromatic carbocycles. The van der Waals surface area contributed by atoms with E-state index in [-0.39, 0.29) is 34.8 Å². The van der Waals surface area contributed by atoms with E-state index in [0.29, 0.717) is 19.5 Å². The number of hydrogen-bond acceptors (Lipinski definition) is 4. The van der Waals surface area contributed by atoms with Crippen LogP contribution >= 0.6 is 0 Å². The van der Waals surface area contributed by atoms with Crippen LogP contribution in [0.5, 0.6) is 0 Å². The second-order valence-electron chi connectivity index (χ2n) is 4.44. The van der Waals surface area contributed by atoms with Gasteiger partial charge in [0.1, 0.15) is 0 Å². The maximum Gasteiger partial charge on any atom is 1.00 e. The third-order valence-corrected chi connectivity index (χ3v) is 3.02. The van der Waals surface area contributed by atoms with E-state index in [9.17, 15) is 10.1 Å². The van der Waals surface area contributed by atoms with E-state index in [0.717, 1.165) is 11.1 Å². The molecule has 2 aromatic rings. The van der Waals surface area contributed by atoms with E-state index < -0.39 is 0 Å². The summed E-state index contributed by atoms with van der Waals surface area (Å²) >= 11 is 0. The molecule has 6 heteroatoms. The summed E-state index contributed by atoms with van der Waals surface area (Å²) in [4.78, 5) is 10.5. The van der Waals surface area contributed by atoms with Gasteiger partial charge >= 0.3 is 29.6 Å². The first-order valence-electron chi connectivity index (χ1n) is 6.43. The van der Waals surface area contributed by atoms with Crippen molar-refractivity contribution in [1.82, 2.24) is 10.3 Å². The van der Waals surface area contributed by atoms with Gasteiger partial charge in [0, 0.05) is 13.1 Å². The van der Waals surface area contributed by atoms with Crippen LogP contribution in [0.3, 0.4) is 0 Å². The topological polar surface area (TPSA) is 59.0 Å². The van der Waals surface area contributed by atoms with Crippen molar-refractivity contribution < 1.29 is 29.6 Å². The second-order valence-corrected chi connectivity index (χ2v) is 4.44. The SMILES string of the molecule is O=NN([O-])N(CCc1ccccc1)Cc1ccccc1.[Na+]. The normalized spacial score (nSPS) is 10.0. The molecule has 0 aliphatic rings. The molecular weight excluding hydrogens is 277 g/mol. The number of hydrazine groups is 1. The Kier molecular flexibility index (Phi) is 8.19. The van der Waals surface area contributed by atoms with Crippen molar-refractivity contribution in [1.29, 1.82) is 0 Å². The van der Waals surface area contributed by atoms with Crippen molar-refractivity contribution in [2.24, 2.45) is 5.29 Å². The third kappa shape index (κ3) is 5.95. The quantitative estimate of drug-likeness (QED) is 0.414. The Bertz CT molecular complexity index is 525. The summed E-state index contributed by atoms with van der Waals surface area (Å²) in [7, 11) is 0. The van der Waals surface area contributed by atoms with Crippen molar-refractivity contribution in [3.63, 3.8) is 0 Å². The molecule has 0 radical (unpaired) electrons. The van der Waals surface area contributed by atoms with Gasteiger partial charge < -0.3 is 5.21 Å². The van der Waals surface area contributed by atoms with Crippen molar-refractivity contribution in [3.8, 4) is 0 Å². The maximum absolute atomic E-state index is 11.5. The zero-order valence-electron chi connectivity index (χ0n) is 12.1. The van der Waals surface area contributed by atoms with Crippen LogP contribution in [0, 0.1) is 10.1 Å². The van der Waals surface area contributed by atoms with E-state index in [1.165, 1.54) is 5.01 Å². The fourth-order valence-corrected chi connectivity index (χ4v) is 1.97. The van der Waals surface area contributed by atoms with Gasteiger partial charge in [-0.3, -0.25) is 5.28 Å². The number of hydrogen-bond donors (Lipinski definition) is 0. The Morgan fingerprint density at radius 3 is 1.95 bits per heavy atom. The van der Waals surface area contributed by atoms with Gasteiger partial charge in [-0.1, -0.05) is 60.7 Å². The summed E-state index contributed by atoms with van der Waals surface area (Å²) in [5.74, 6) is 0. The molecule has 2 rings (SSSR count). The minimum atomic E-state index is 0. The van der Waals surface area contributed by atoms with E-state index in [4.69, 9.17) is 0 Å². The Labute approximate surface area is 146 Å². The number of rotatable bonds is 7. The molecule has 21 heavy (non-hydrogen) atoms. The first-order valence-corrected chi connectivity index (χ1v) is 6.43. The number of nitroso groups, excluding NO2 is 1. The summed E-state index contributed by atoms with van der Waals surface area (Å²) in [5, 5.41) is 15.5. The van der Waals surface area contributed by atoms with Gasteiger partial charge in [0.05, 0.1) is 5.29 Å². The molecule has 0 N–H and O–H groups in total. The van der Waals surface area contributed by atoms with Gasteiger partial charge in [0.2, 0.25) is 0 Å². The van der Waals surface area contributed by atoms with E-state index in [1.54, 1.807) is 0 Å². The van der Waals surface area contributed by atoms with Gasteiger partial charge in [-0.15, -0.1) is 4.91 Å². The smallest absolute Gasteiger partial charge is 0.724 e. The predicted molar refractivity (Wildman–Crippen MR) is 78.0 cm³/mol. The first kappa shape index (κ1) is 17.8.